The van der Waals surface area contributed by atoms with E-state index in [0.717, 1.165) is 0 Å². The fourth-order valence-electron chi connectivity index (χ4n) is 2.46. The van der Waals surface area contributed by atoms with E-state index in [1.807, 2.05) is 13.8 Å². The minimum atomic E-state index is -3.78. The van der Waals surface area contributed by atoms with E-state index in [2.05, 4.69) is 4.72 Å². The van der Waals surface area contributed by atoms with Gasteiger partial charge in [-0.25, -0.2) is 8.42 Å². The maximum atomic E-state index is 12.5. The molecule has 0 atom stereocenters. The van der Waals surface area contributed by atoms with Crippen LogP contribution in [-0.2, 0) is 10.0 Å². The first kappa shape index (κ1) is 19.7. The molecule has 6 nitrogen and oxygen atoms in total. The average molecular weight is 374 g/mol. The van der Waals surface area contributed by atoms with Crippen molar-refractivity contribution in [1.82, 2.24) is 4.90 Å². The number of anilines is 1. The molecule has 0 aromatic heterocycles. The summed E-state index contributed by atoms with van der Waals surface area (Å²) in [5.74, 6) is -0.223. The summed E-state index contributed by atoms with van der Waals surface area (Å²) in [6.45, 7) is 6.41. The van der Waals surface area contributed by atoms with Crippen molar-refractivity contribution < 1.29 is 18.0 Å². The third kappa shape index (κ3) is 4.49. The minimum absolute atomic E-state index is 0.0595. The third-order valence-corrected chi connectivity index (χ3v) is 5.40. The van der Waals surface area contributed by atoms with Gasteiger partial charge in [0.05, 0.1) is 4.90 Å². The first-order valence-electron chi connectivity index (χ1n) is 8.31. The van der Waals surface area contributed by atoms with Crippen molar-refractivity contribution >= 4 is 27.4 Å². The second kappa shape index (κ2) is 8.14. The molecule has 2 rings (SSSR count). The van der Waals surface area contributed by atoms with Crippen LogP contribution < -0.4 is 4.72 Å². The predicted octanol–water partition coefficient (Wildman–Crippen LogP) is 3.17. The smallest absolute Gasteiger partial charge is 0.261 e. The van der Waals surface area contributed by atoms with Gasteiger partial charge in [-0.1, -0.05) is 0 Å². The number of hydrogen-bond donors (Lipinski definition) is 1. The molecule has 0 fully saturated rings. The summed E-state index contributed by atoms with van der Waals surface area (Å²) in [6.07, 6.45) is 0. The van der Waals surface area contributed by atoms with Gasteiger partial charge in [-0.05, 0) is 69.3 Å². The van der Waals surface area contributed by atoms with Gasteiger partial charge in [0, 0.05) is 29.9 Å². The van der Waals surface area contributed by atoms with Crippen LogP contribution in [-0.4, -0.2) is 38.1 Å². The zero-order valence-corrected chi connectivity index (χ0v) is 15.8. The van der Waals surface area contributed by atoms with Crippen molar-refractivity contribution in [3.8, 4) is 0 Å². The summed E-state index contributed by atoms with van der Waals surface area (Å²) in [7, 11) is -3.78. The molecule has 0 aliphatic rings. The Labute approximate surface area is 153 Å². The molecule has 0 radical (unpaired) electrons. The standard InChI is InChI=1S/C19H22N2O4S/c1-4-21(5-2)19(23)16-8-12-18(13-9-16)26(24,25)20-17-10-6-15(7-11-17)14(3)22/h6-13,20H,4-5H2,1-3H3. The number of carbonyl (C=O) groups excluding carboxylic acids is 2. The number of rotatable bonds is 7. The maximum absolute atomic E-state index is 12.5. The Morgan fingerprint density at radius 3 is 1.85 bits per heavy atom. The Hall–Kier alpha value is -2.67. The number of carbonyl (C=O) groups is 2. The average Bonchev–Trinajstić information content (AvgIpc) is 2.63. The predicted molar refractivity (Wildman–Crippen MR) is 101 cm³/mol. The normalized spacial score (nSPS) is 11.0. The molecule has 138 valence electrons. The summed E-state index contributed by atoms with van der Waals surface area (Å²) in [4.78, 5) is 25.3. The molecular formula is C19H22N2O4S. The molecule has 0 unspecified atom stereocenters. The lowest BCUT2D eigenvalue weighted by molar-refractivity contribution is 0.0772. The van der Waals surface area contributed by atoms with Gasteiger partial charge in [-0.2, -0.15) is 0 Å². The van der Waals surface area contributed by atoms with Gasteiger partial charge in [0.2, 0.25) is 0 Å². The fraction of sp³-hybridized carbons (Fsp3) is 0.263. The van der Waals surface area contributed by atoms with E-state index in [1.165, 1.54) is 43.3 Å². The minimum Gasteiger partial charge on any atom is -0.339 e. The van der Waals surface area contributed by atoms with Crippen LogP contribution in [0, 0.1) is 0 Å². The largest absolute Gasteiger partial charge is 0.339 e. The van der Waals surface area contributed by atoms with Crippen molar-refractivity contribution in [3.05, 3.63) is 59.7 Å². The maximum Gasteiger partial charge on any atom is 0.261 e. The zero-order chi connectivity index (χ0) is 19.3. The molecule has 0 bridgehead atoms. The van der Waals surface area contributed by atoms with Crippen molar-refractivity contribution in [2.24, 2.45) is 0 Å². The van der Waals surface area contributed by atoms with Crippen LogP contribution in [0.2, 0.25) is 0 Å². The lowest BCUT2D eigenvalue weighted by Gasteiger charge is -2.18. The molecule has 26 heavy (non-hydrogen) atoms. The molecule has 0 aliphatic heterocycles. The molecule has 0 saturated heterocycles. The Balaban J connectivity index is 2.18. The zero-order valence-electron chi connectivity index (χ0n) is 15.0. The van der Waals surface area contributed by atoms with E-state index in [4.69, 9.17) is 0 Å². The topological polar surface area (TPSA) is 83.6 Å². The van der Waals surface area contributed by atoms with Gasteiger partial charge >= 0.3 is 0 Å². The summed E-state index contributed by atoms with van der Waals surface area (Å²) >= 11 is 0. The second-order valence-corrected chi connectivity index (χ2v) is 7.42. The molecule has 2 aromatic carbocycles. The van der Waals surface area contributed by atoms with Crippen LogP contribution in [0.15, 0.2) is 53.4 Å². The molecule has 2 aromatic rings. The summed E-state index contributed by atoms with van der Waals surface area (Å²) in [5.41, 5.74) is 1.31. The number of sulfonamides is 1. The van der Waals surface area contributed by atoms with E-state index in [9.17, 15) is 18.0 Å². The Morgan fingerprint density at radius 1 is 0.885 bits per heavy atom. The summed E-state index contributed by atoms with van der Waals surface area (Å²) in [6, 6.07) is 12.0. The highest BCUT2D eigenvalue weighted by Crippen LogP contribution is 2.18. The third-order valence-electron chi connectivity index (χ3n) is 4.01. The van der Waals surface area contributed by atoms with Gasteiger partial charge in [-0.3, -0.25) is 14.3 Å². The van der Waals surface area contributed by atoms with Crippen LogP contribution in [0.3, 0.4) is 0 Å². The number of Topliss-reactive ketones (excluding diaryl/α,β-unsaturated/α-hetero) is 1. The monoisotopic (exact) mass is 374 g/mol. The molecule has 7 heteroatoms. The van der Waals surface area contributed by atoms with Crippen molar-refractivity contribution in [3.63, 3.8) is 0 Å². The lowest BCUT2D eigenvalue weighted by atomic mass is 10.1. The molecule has 1 amide bonds. The van der Waals surface area contributed by atoms with E-state index in [-0.39, 0.29) is 16.6 Å². The van der Waals surface area contributed by atoms with Crippen molar-refractivity contribution in [2.45, 2.75) is 25.7 Å². The van der Waals surface area contributed by atoms with Gasteiger partial charge < -0.3 is 4.90 Å². The first-order valence-corrected chi connectivity index (χ1v) is 9.80. The number of hydrogen-bond acceptors (Lipinski definition) is 4. The number of benzene rings is 2. The highest BCUT2D eigenvalue weighted by Gasteiger charge is 2.17. The van der Waals surface area contributed by atoms with Crippen LogP contribution >= 0.6 is 0 Å². The molecular weight excluding hydrogens is 352 g/mol. The Morgan fingerprint density at radius 2 is 1.38 bits per heavy atom. The van der Waals surface area contributed by atoms with Crippen LogP contribution in [0.1, 0.15) is 41.5 Å². The number of ketones is 1. The quantitative estimate of drug-likeness (QED) is 0.755. The molecule has 0 aliphatic carbocycles. The lowest BCUT2D eigenvalue weighted by Crippen LogP contribution is -2.30. The highest BCUT2D eigenvalue weighted by atomic mass is 32.2. The second-order valence-electron chi connectivity index (χ2n) is 5.74. The SMILES string of the molecule is CCN(CC)C(=O)c1ccc(S(=O)(=O)Nc2ccc(C(C)=O)cc2)cc1. The van der Waals surface area contributed by atoms with Gasteiger partial charge in [0.15, 0.2) is 5.78 Å². The van der Waals surface area contributed by atoms with Crippen LogP contribution in [0.4, 0.5) is 5.69 Å². The molecule has 0 heterocycles. The van der Waals surface area contributed by atoms with E-state index in [1.54, 1.807) is 17.0 Å². The molecule has 1 N–H and O–H groups in total. The van der Waals surface area contributed by atoms with Gasteiger partial charge in [0.25, 0.3) is 15.9 Å². The molecule has 0 saturated carbocycles. The van der Waals surface area contributed by atoms with Crippen LogP contribution in [0.5, 0.6) is 0 Å². The first-order chi connectivity index (χ1) is 12.3. The number of nitrogens with zero attached hydrogens (tertiary/aromatic N) is 1. The van der Waals surface area contributed by atoms with E-state index in [0.29, 0.717) is 29.9 Å². The number of nitrogens with one attached hydrogen (secondary N) is 1. The molecule has 0 spiro atoms. The Kier molecular flexibility index (Phi) is 6.15. The Bertz CT molecular complexity index is 884. The van der Waals surface area contributed by atoms with E-state index >= 15 is 0 Å². The summed E-state index contributed by atoms with van der Waals surface area (Å²) < 4.78 is 27.4. The van der Waals surface area contributed by atoms with Crippen LogP contribution in [0.25, 0.3) is 0 Å². The van der Waals surface area contributed by atoms with Gasteiger partial charge in [-0.15, -0.1) is 0 Å². The van der Waals surface area contributed by atoms with Crippen molar-refractivity contribution in [1.29, 1.82) is 0 Å². The summed E-state index contributed by atoms with van der Waals surface area (Å²) in [5, 5.41) is 0. The number of amides is 1. The fourth-order valence-corrected chi connectivity index (χ4v) is 3.52. The van der Waals surface area contributed by atoms with E-state index < -0.39 is 10.0 Å². The highest BCUT2D eigenvalue weighted by molar-refractivity contribution is 7.92. The van der Waals surface area contributed by atoms with Crippen molar-refractivity contribution in [2.75, 3.05) is 17.8 Å². The van der Waals surface area contributed by atoms with Gasteiger partial charge in [0.1, 0.15) is 0 Å².